The Morgan fingerprint density at radius 1 is 1.13 bits per heavy atom. The summed E-state index contributed by atoms with van der Waals surface area (Å²) in [5, 5.41) is 22.2. The highest BCUT2D eigenvalue weighted by atomic mass is 32.1. The highest BCUT2D eigenvalue weighted by Crippen LogP contribution is 2.47. The zero-order chi connectivity index (χ0) is 27.6. The molecule has 0 spiro atoms. The van der Waals surface area contributed by atoms with Gasteiger partial charge in [-0.25, -0.2) is 4.98 Å². The van der Waals surface area contributed by atoms with E-state index in [9.17, 15) is 13.2 Å². The van der Waals surface area contributed by atoms with Gasteiger partial charge in [0, 0.05) is 11.1 Å². The van der Waals surface area contributed by atoms with Crippen molar-refractivity contribution in [3.8, 4) is 11.4 Å². The number of benzene rings is 1. The normalized spacial score (nSPS) is 22.7. The predicted octanol–water partition coefficient (Wildman–Crippen LogP) is 5.37. The zero-order valence-electron chi connectivity index (χ0n) is 22.2. The predicted molar refractivity (Wildman–Crippen MR) is 145 cm³/mol. The third-order valence-electron chi connectivity index (χ3n) is 7.68. The summed E-state index contributed by atoms with van der Waals surface area (Å²) in [6.07, 6.45) is 5.17. The maximum absolute atomic E-state index is 13.7. The quantitative estimate of drug-likeness (QED) is 0.341. The van der Waals surface area contributed by atoms with Gasteiger partial charge in [-0.15, -0.1) is 10.2 Å². The van der Waals surface area contributed by atoms with E-state index >= 15 is 0 Å². The van der Waals surface area contributed by atoms with Gasteiger partial charge in [-0.2, -0.15) is 22.8 Å². The van der Waals surface area contributed by atoms with Crippen molar-refractivity contribution in [2.24, 2.45) is 11.8 Å². The third kappa shape index (κ3) is 5.42. The van der Waals surface area contributed by atoms with Gasteiger partial charge in [0.15, 0.2) is 0 Å². The molecule has 0 bridgehead atoms. The van der Waals surface area contributed by atoms with Crippen molar-refractivity contribution in [3.63, 3.8) is 0 Å². The minimum atomic E-state index is -4.63. The number of rotatable bonds is 8. The summed E-state index contributed by atoms with van der Waals surface area (Å²) in [7, 11) is 1.87. The topological polar surface area (TPSA) is 104 Å². The number of tetrazole rings is 1. The fourth-order valence-electron chi connectivity index (χ4n) is 5.93. The zero-order valence-corrected chi connectivity index (χ0v) is 23.0. The number of halogens is 3. The Labute approximate surface area is 229 Å². The summed E-state index contributed by atoms with van der Waals surface area (Å²) in [6, 6.07) is 7.23. The molecule has 3 aromatic rings. The minimum absolute atomic E-state index is 0.246. The van der Waals surface area contributed by atoms with Crippen LogP contribution in [-0.2, 0) is 6.18 Å². The van der Waals surface area contributed by atoms with Crippen LogP contribution < -0.4 is 10.6 Å². The highest BCUT2D eigenvalue weighted by Gasteiger charge is 2.48. The Morgan fingerprint density at radius 3 is 2.49 bits per heavy atom. The molecule has 0 radical (unpaired) electrons. The molecule has 1 fully saturated rings. The molecule has 3 N–H and O–H groups in total. The Kier molecular flexibility index (Phi) is 7.97. The Bertz CT molecular complexity index is 1320. The van der Waals surface area contributed by atoms with E-state index in [0.717, 1.165) is 60.5 Å². The number of alkyl halides is 3. The maximum atomic E-state index is 13.7. The van der Waals surface area contributed by atoms with E-state index in [1.54, 1.807) is 0 Å². The number of allylic oxidation sites excluding steroid dienone is 2. The average Bonchev–Trinajstić information content (AvgIpc) is 3.65. The van der Waals surface area contributed by atoms with E-state index in [0.29, 0.717) is 23.2 Å². The SMILES string of the molecule is CNC1C(c2nc(C(F)(F)F)ns2)=C(c2ccccc2-c2nn[nH]n2)C=CC1(NCC(C)C)C1CCCCC1. The van der Waals surface area contributed by atoms with Crippen LogP contribution in [0.1, 0.15) is 62.3 Å². The van der Waals surface area contributed by atoms with Gasteiger partial charge < -0.3 is 10.6 Å². The van der Waals surface area contributed by atoms with Crippen molar-refractivity contribution in [1.82, 2.24) is 40.6 Å². The number of nitrogens with one attached hydrogen (secondary N) is 3. The first-order valence-electron chi connectivity index (χ1n) is 13.3. The van der Waals surface area contributed by atoms with Crippen molar-refractivity contribution in [2.45, 2.75) is 63.7 Å². The number of H-pyrrole nitrogens is 1. The molecule has 2 aromatic heterocycles. The van der Waals surface area contributed by atoms with Gasteiger partial charge in [0.05, 0.1) is 11.6 Å². The molecular weight excluding hydrogens is 525 g/mol. The van der Waals surface area contributed by atoms with Crippen LogP contribution in [0.3, 0.4) is 0 Å². The summed E-state index contributed by atoms with van der Waals surface area (Å²) < 4.78 is 44.7. The summed E-state index contributed by atoms with van der Waals surface area (Å²) in [4.78, 5) is 4.05. The van der Waals surface area contributed by atoms with Gasteiger partial charge in [0.1, 0.15) is 5.01 Å². The number of hydrogen-bond acceptors (Lipinski definition) is 8. The Hall–Kier alpha value is -2.96. The molecule has 8 nitrogen and oxygen atoms in total. The fourth-order valence-corrected chi connectivity index (χ4v) is 6.70. The van der Waals surface area contributed by atoms with Crippen molar-refractivity contribution < 1.29 is 13.2 Å². The molecule has 1 saturated carbocycles. The van der Waals surface area contributed by atoms with E-state index in [2.05, 4.69) is 60.5 Å². The van der Waals surface area contributed by atoms with Crippen LogP contribution in [0.25, 0.3) is 22.5 Å². The second kappa shape index (κ2) is 11.3. The van der Waals surface area contributed by atoms with E-state index in [-0.39, 0.29) is 11.0 Å². The Morgan fingerprint density at radius 2 is 1.87 bits per heavy atom. The molecule has 2 atom stereocenters. The molecule has 5 rings (SSSR count). The lowest BCUT2D eigenvalue weighted by molar-refractivity contribution is -0.144. The lowest BCUT2D eigenvalue weighted by Gasteiger charge is -2.49. The summed E-state index contributed by atoms with van der Waals surface area (Å²) in [5.74, 6) is -0.0222. The molecule has 0 amide bonds. The smallest absolute Gasteiger partial charge is 0.311 e. The monoisotopic (exact) mass is 558 g/mol. The minimum Gasteiger partial charge on any atom is -0.311 e. The van der Waals surface area contributed by atoms with Gasteiger partial charge in [0.2, 0.25) is 11.6 Å². The van der Waals surface area contributed by atoms with Crippen molar-refractivity contribution >= 4 is 22.7 Å². The van der Waals surface area contributed by atoms with Gasteiger partial charge in [-0.3, -0.25) is 0 Å². The van der Waals surface area contributed by atoms with Gasteiger partial charge in [-0.1, -0.05) is 69.5 Å². The van der Waals surface area contributed by atoms with E-state index in [4.69, 9.17) is 0 Å². The van der Waals surface area contributed by atoms with Crippen LogP contribution in [0.15, 0.2) is 36.4 Å². The highest BCUT2D eigenvalue weighted by molar-refractivity contribution is 7.06. The van der Waals surface area contributed by atoms with E-state index in [1.165, 1.54) is 6.42 Å². The summed E-state index contributed by atoms with van der Waals surface area (Å²) >= 11 is 0.785. The molecule has 2 aliphatic rings. The molecule has 0 saturated heterocycles. The molecule has 208 valence electrons. The number of aromatic amines is 1. The van der Waals surface area contributed by atoms with Crippen LogP contribution in [0, 0.1) is 11.8 Å². The van der Waals surface area contributed by atoms with Crippen molar-refractivity contribution in [3.05, 3.63) is 52.8 Å². The summed E-state index contributed by atoms with van der Waals surface area (Å²) in [5.41, 5.74) is 2.45. The van der Waals surface area contributed by atoms with Crippen LogP contribution in [0.5, 0.6) is 0 Å². The second-order valence-corrected chi connectivity index (χ2v) is 11.4. The lowest BCUT2D eigenvalue weighted by atomic mass is 9.65. The van der Waals surface area contributed by atoms with Gasteiger partial charge in [-0.05, 0) is 66.2 Å². The van der Waals surface area contributed by atoms with Crippen LogP contribution in [0.2, 0.25) is 0 Å². The largest absolute Gasteiger partial charge is 0.452 e. The molecule has 12 heteroatoms. The first kappa shape index (κ1) is 27.6. The van der Waals surface area contributed by atoms with Crippen LogP contribution >= 0.6 is 11.5 Å². The lowest BCUT2D eigenvalue weighted by Crippen LogP contribution is -2.64. The summed E-state index contributed by atoms with van der Waals surface area (Å²) in [6.45, 7) is 5.09. The van der Waals surface area contributed by atoms with Gasteiger partial charge in [0.25, 0.3) is 0 Å². The van der Waals surface area contributed by atoms with Crippen LogP contribution in [-0.4, -0.2) is 55.2 Å². The molecule has 2 aliphatic carbocycles. The van der Waals surface area contributed by atoms with Crippen molar-refractivity contribution in [1.29, 1.82) is 0 Å². The van der Waals surface area contributed by atoms with Crippen molar-refractivity contribution in [2.75, 3.05) is 13.6 Å². The first-order valence-corrected chi connectivity index (χ1v) is 14.1. The maximum Gasteiger partial charge on any atom is 0.452 e. The van der Waals surface area contributed by atoms with E-state index < -0.39 is 17.5 Å². The Balaban J connectivity index is 1.74. The first-order chi connectivity index (χ1) is 18.7. The van der Waals surface area contributed by atoms with Gasteiger partial charge >= 0.3 is 6.18 Å². The molecule has 39 heavy (non-hydrogen) atoms. The van der Waals surface area contributed by atoms with Crippen LogP contribution in [0.4, 0.5) is 13.2 Å². The molecule has 1 aromatic carbocycles. The number of likely N-dealkylation sites (N-methyl/N-ethyl adjacent to an activating group) is 1. The number of nitrogens with zero attached hydrogens (tertiary/aromatic N) is 5. The molecular formula is C27H33F3N8S. The van der Waals surface area contributed by atoms with E-state index in [1.807, 2.05) is 37.4 Å². The second-order valence-electron chi connectivity index (χ2n) is 10.6. The average molecular weight is 559 g/mol. The number of hydrogen-bond donors (Lipinski definition) is 3. The fraction of sp³-hybridized carbons (Fsp3) is 0.519. The third-order valence-corrected chi connectivity index (χ3v) is 8.43. The standard InChI is InChI=1S/C27H33F3N8S/c1-16(2)15-32-26(17-9-5-4-6-10-17)14-13-19(18-11-7-8-12-20(18)23-34-37-38-35-23)21(22(26)31-3)24-33-25(36-39-24)27(28,29)30/h7-8,11-14,16-17,22,31-32H,4-6,9-10,15H2,1-3H3,(H,34,35,37,38). The molecule has 0 aliphatic heterocycles. The molecule has 2 unspecified atom stereocenters. The molecule has 2 heterocycles. The number of aromatic nitrogens is 6.